The van der Waals surface area contributed by atoms with Crippen molar-refractivity contribution in [3.8, 4) is 11.5 Å². The Bertz CT molecular complexity index is 526. The molecule has 2 aromatic carbocycles. The summed E-state index contributed by atoms with van der Waals surface area (Å²) >= 11 is 1.27. The lowest BCUT2D eigenvalue weighted by Gasteiger charge is -2.06. The molecule has 0 spiro atoms. The van der Waals surface area contributed by atoms with Gasteiger partial charge < -0.3 is 9.84 Å². The number of hydrogen-bond donors (Lipinski definition) is 1. The SMILES string of the molecule is O=C(O)CSc1cccc(Oc2ccccc2)c1. The smallest absolute Gasteiger partial charge is 0.313 e. The van der Waals surface area contributed by atoms with Gasteiger partial charge in [-0.2, -0.15) is 0 Å². The predicted molar refractivity (Wildman–Crippen MR) is 71.3 cm³/mol. The van der Waals surface area contributed by atoms with Gasteiger partial charge in [0.2, 0.25) is 0 Å². The molecule has 18 heavy (non-hydrogen) atoms. The lowest BCUT2D eigenvalue weighted by atomic mass is 10.3. The Morgan fingerprint density at radius 1 is 1.06 bits per heavy atom. The minimum Gasteiger partial charge on any atom is -0.481 e. The fourth-order valence-corrected chi connectivity index (χ4v) is 2.06. The summed E-state index contributed by atoms with van der Waals surface area (Å²) in [5, 5.41) is 8.63. The molecule has 0 aromatic heterocycles. The van der Waals surface area contributed by atoms with E-state index in [0.717, 1.165) is 10.6 Å². The molecule has 0 saturated carbocycles. The average molecular weight is 260 g/mol. The van der Waals surface area contributed by atoms with Crippen LogP contribution in [-0.2, 0) is 4.79 Å². The molecule has 4 heteroatoms. The van der Waals surface area contributed by atoms with Crippen molar-refractivity contribution in [2.45, 2.75) is 4.90 Å². The molecule has 0 fully saturated rings. The number of hydrogen-bond acceptors (Lipinski definition) is 3. The third kappa shape index (κ3) is 3.82. The lowest BCUT2D eigenvalue weighted by molar-refractivity contribution is -0.133. The first kappa shape index (κ1) is 12.5. The van der Waals surface area contributed by atoms with Crippen LogP contribution in [0.2, 0.25) is 0 Å². The number of thioether (sulfide) groups is 1. The highest BCUT2D eigenvalue weighted by atomic mass is 32.2. The minimum atomic E-state index is -0.825. The largest absolute Gasteiger partial charge is 0.481 e. The van der Waals surface area contributed by atoms with E-state index in [1.807, 2.05) is 54.6 Å². The van der Waals surface area contributed by atoms with Crippen molar-refractivity contribution < 1.29 is 14.6 Å². The monoisotopic (exact) mass is 260 g/mol. The first-order chi connectivity index (χ1) is 8.74. The van der Waals surface area contributed by atoms with Crippen LogP contribution in [-0.4, -0.2) is 16.8 Å². The molecule has 0 amide bonds. The summed E-state index contributed by atoms with van der Waals surface area (Å²) in [6, 6.07) is 16.9. The van der Waals surface area contributed by atoms with E-state index < -0.39 is 5.97 Å². The van der Waals surface area contributed by atoms with Gasteiger partial charge in [0.25, 0.3) is 0 Å². The summed E-state index contributed by atoms with van der Waals surface area (Å²) in [7, 11) is 0. The van der Waals surface area contributed by atoms with Crippen LogP contribution in [0, 0.1) is 0 Å². The van der Waals surface area contributed by atoms with Gasteiger partial charge in [-0.1, -0.05) is 24.3 Å². The third-order valence-electron chi connectivity index (χ3n) is 2.15. The summed E-state index contributed by atoms with van der Waals surface area (Å²) in [4.78, 5) is 11.4. The first-order valence-corrected chi connectivity index (χ1v) is 6.40. The maximum absolute atomic E-state index is 10.5. The molecular formula is C14H12O3S. The molecule has 3 nitrogen and oxygen atoms in total. The molecule has 0 unspecified atom stereocenters. The maximum Gasteiger partial charge on any atom is 0.313 e. The minimum absolute atomic E-state index is 0.0504. The highest BCUT2D eigenvalue weighted by Gasteiger charge is 2.02. The topological polar surface area (TPSA) is 46.5 Å². The molecule has 0 aliphatic heterocycles. The highest BCUT2D eigenvalue weighted by Crippen LogP contribution is 2.26. The van der Waals surface area contributed by atoms with Crippen molar-refractivity contribution in [3.05, 3.63) is 54.6 Å². The molecule has 92 valence electrons. The normalized spacial score (nSPS) is 10.0. The van der Waals surface area contributed by atoms with Crippen LogP contribution in [0.4, 0.5) is 0 Å². The van der Waals surface area contributed by atoms with E-state index in [0.29, 0.717) is 5.75 Å². The number of aliphatic carboxylic acids is 1. The first-order valence-electron chi connectivity index (χ1n) is 5.41. The Balaban J connectivity index is 2.05. The van der Waals surface area contributed by atoms with Crippen molar-refractivity contribution in [3.63, 3.8) is 0 Å². The molecule has 0 bridgehead atoms. The second-order valence-electron chi connectivity index (χ2n) is 3.57. The van der Waals surface area contributed by atoms with Gasteiger partial charge in [0, 0.05) is 4.90 Å². The molecule has 0 aliphatic carbocycles. The quantitative estimate of drug-likeness (QED) is 0.833. The number of rotatable bonds is 5. The van der Waals surface area contributed by atoms with Crippen molar-refractivity contribution in [2.24, 2.45) is 0 Å². The van der Waals surface area contributed by atoms with Crippen molar-refractivity contribution >= 4 is 17.7 Å². The summed E-state index contributed by atoms with van der Waals surface area (Å²) in [6.07, 6.45) is 0. The van der Waals surface area contributed by atoms with Crippen LogP contribution in [0.1, 0.15) is 0 Å². The number of para-hydroxylation sites is 1. The van der Waals surface area contributed by atoms with E-state index in [2.05, 4.69) is 0 Å². The number of carbonyl (C=O) groups is 1. The Hall–Kier alpha value is -1.94. The number of carboxylic acid groups (broad SMARTS) is 1. The average Bonchev–Trinajstić information content (AvgIpc) is 2.38. The van der Waals surface area contributed by atoms with E-state index >= 15 is 0 Å². The molecule has 0 heterocycles. The van der Waals surface area contributed by atoms with Gasteiger partial charge in [-0.25, -0.2) is 0 Å². The maximum atomic E-state index is 10.5. The summed E-state index contributed by atoms with van der Waals surface area (Å²) < 4.78 is 5.67. The zero-order valence-electron chi connectivity index (χ0n) is 9.58. The van der Waals surface area contributed by atoms with Gasteiger partial charge in [0.05, 0.1) is 5.75 Å². The molecule has 2 aromatic rings. The second kappa shape index (κ2) is 6.12. The van der Waals surface area contributed by atoms with Crippen LogP contribution in [0.15, 0.2) is 59.5 Å². The Labute approximate surface area is 109 Å². The van der Waals surface area contributed by atoms with Gasteiger partial charge in [-0.3, -0.25) is 4.79 Å². The van der Waals surface area contributed by atoms with E-state index in [1.165, 1.54) is 11.8 Å². The van der Waals surface area contributed by atoms with Crippen LogP contribution >= 0.6 is 11.8 Å². The van der Waals surface area contributed by atoms with E-state index in [4.69, 9.17) is 9.84 Å². The van der Waals surface area contributed by atoms with Gasteiger partial charge in [-0.05, 0) is 30.3 Å². The van der Waals surface area contributed by atoms with Crippen molar-refractivity contribution in [1.82, 2.24) is 0 Å². The fraction of sp³-hybridized carbons (Fsp3) is 0.0714. The van der Waals surface area contributed by atoms with Gasteiger partial charge >= 0.3 is 5.97 Å². The molecule has 2 rings (SSSR count). The third-order valence-corrected chi connectivity index (χ3v) is 3.13. The number of carboxylic acids is 1. The zero-order valence-corrected chi connectivity index (χ0v) is 10.4. The Morgan fingerprint density at radius 2 is 1.78 bits per heavy atom. The molecule has 0 saturated heterocycles. The van der Waals surface area contributed by atoms with Crippen LogP contribution in [0.25, 0.3) is 0 Å². The van der Waals surface area contributed by atoms with E-state index in [1.54, 1.807) is 0 Å². The predicted octanol–water partition coefficient (Wildman–Crippen LogP) is 3.66. The second-order valence-corrected chi connectivity index (χ2v) is 4.62. The molecular weight excluding hydrogens is 248 g/mol. The highest BCUT2D eigenvalue weighted by molar-refractivity contribution is 8.00. The number of benzene rings is 2. The van der Waals surface area contributed by atoms with E-state index in [-0.39, 0.29) is 5.75 Å². The summed E-state index contributed by atoms with van der Waals surface area (Å²) in [5.41, 5.74) is 0. The Kier molecular flexibility index (Phi) is 4.25. The van der Waals surface area contributed by atoms with Crippen molar-refractivity contribution in [2.75, 3.05) is 5.75 Å². The Morgan fingerprint density at radius 3 is 2.50 bits per heavy atom. The molecule has 0 aliphatic rings. The zero-order chi connectivity index (χ0) is 12.8. The summed E-state index contributed by atoms with van der Waals surface area (Å²) in [5.74, 6) is 0.693. The molecule has 0 atom stereocenters. The lowest BCUT2D eigenvalue weighted by Crippen LogP contribution is -1.97. The van der Waals surface area contributed by atoms with Gasteiger partial charge in [-0.15, -0.1) is 11.8 Å². The number of ether oxygens (including phenoxy) is 1. The van der Waals surface area contributed by atoms with Crippen LogP contribution in [0.3, 0.4) is 0 Å². The van der Waals surface area contributed by atoms with Gasteiger partial charge in [0.1, 0.15) is 11.5 Å². The van der Waals surface area contributed by atoms with E-state index in [9.17, 15) is 4.79 Å². The summed E-state index contributed by atoms with van der Waals surface area (Å²) in [6.45, 7) is 0. The molecule has 1 N–H and O–H groups in total. The van der Waals surface area contributed by atoms with Crippen molar-refractivity contribution in [1.29, 1.82) is 0 Å². The van der Waals surface area contributed by atoms with Crippen LogP contribution < -0.4 is 4.74 Å². The van der Waals surface area contributed by atoms with Gasteiger partial charge in [0.15, 0.2) is 0 Å². The van der Waals surface area contributed by atoms with Crippen LogP contribution in [0.5, 0.6) is 11.5 Å². The standard InChI is InChI=1S/C14H12O3S/c15-14(16)10-18-13-8-4-7-12(9-13)17-11-5-2-1-3-6-11/h1-9H,10H2,(H,15,16). The molecule has 0 radical (unpaired) electrons. The fourth-order valence-electron chi connectivity index (χ4n) is 1.40.